The van der Waals surface area contributed by atoms with Crippen molar-refractivity contribution in [1.82, 2.24) is 10.6 Å². The summed E-state index contributed by atoms with van der Waals surface area (Å²) in [5, 5.41) is 34.6. The Kier molecular flexibility index (Phi) is 6.83. The van der Waals surface area contributed by atoms with Crippen LogP contribution in [0, 0.1) is 11.8 Å². The summed E-state index contributed by atoms with van der Waals surface area (Å²) in [4.78, 5) is 47.3. The second-order valence-corrected chi connectivity index (χ2v) is 8.02. The van der Waals surface area contributed by atoms with Crippen molar-refractivity contribution in [3.63, 3.8) is 0 Å². The number of carbonyl (C=O) groups is 4. The lowest BCUT2D eigenvalue weighted by Gasteiger charge is -2.45. The predicted octanol–water partition coefficient (Wildman–Crippen LogP) is -0.892. The van der Waals surface area contributed by atoms with Gasteiger partial charge in [-0.2, -0.15) is 0 Å². The molecule has 0 aromatic rings. The van der Waals surface area contributed by atoms with E-state index in [1.807, 2.05) is 0 Å². The van der Waals surface area contributed by atoms with E-state index in [1.54, 1.807) is 13.8 Å². The maximum absolute atomic E-state index is 13.0. The van der Waals surface area contributed by atoms with E-state index in [9.17, 15) is 29.4 Å². The van der Waals surface area contributed by atoms with Crippen LogP contribution in [0.5, 0.6) is 0 Å². The van der Waals surface area contributed by atoms with E-state index in [-0.39, 0.29) is 5.75 Å². The van der Waals surface area contributed by atoms with Crippen molar-refractivity contribution >= 4 is 34.7 Å². The number of carboxylic acids is 1. The normalized spacial score (nSPS) is 29.0. The number of aliphatic carboxylic acids is 1. The highest BCUT2D eigenvalue weighted by atomic mass is 32.2. The zero-order valence-corrected chi connectivity index (χ0v) is 16.2. The smallest absolute Gasteiger partial charge is 0.327 e. The van der Waals surface area contributed by atoms with Crippen LogP contribution in [0.3, 0.4) is 0 Å². The summed E-state index contributed by atoms with van der Waals surface area (Å²) in [7, 11) is 0. The van der Waals surface area contributed by atoms with E-state index < -0.39 is 58.0 Å². The van der Waals surface area contributed by atoms with Crippen LogP contribution in [0.2, 0.25) is 0 Å². The zero-order valence-electron chi connectivity index (χ0n) is 15.4. The van der Waals surface area contributed by atoms with Crippen molar-refractivity contribution in [3.8, 4) is 0 Å². The molecule has 26 heavy (non-hydrogen) atoms. The van der Waals surface area contributed by atoms with Gasteiger partial charge in [-0.25, -0.2) is 4.79 Å². The highest BCUT2D eigenvalue weighted by Crippen LogP contribution is 2.42. The van der Waals surface area contributed by atoms with E-state index >= 15 is 0 Å². The number of carbonyl (C=O) groups excluding carboxylic acids is 3. The Bertz CT molecular complexity index is 607. The summed E-state index contributed by atoms with van der Waals surface area (Å²) in [6, 6.07) is -1.32. The third-order valence-electron chi connectivity index (χ3n) is 4.95. The number of rotatable bonds is 7. The van der Waals surface area contributed by atoms with Crippen molar-refractivity contribution in [2.24, 2.45) is 11.8 Å². The van der Waals surface area contributed by atoms with Crippen molar-refractivity contribution < 1.29 is 34.5 Å². The van der Waals surface area contributed by atoms with E-state index in [1.165, 1.54) is 13.8 Å². The van der Waals surface area contributed by atoms with E-state index in [0.29, 0.717) is 11.8 Å². The number of nitrogens with one attached hydrogen (secondary N) is 2. The molecule has 1 fully saturated rings. The average Bonchev–Trinajstić information content (AvgIpc) is 2.75. The van der Waals surface area contributed by atoms with Crippen molar-refractivity contribution in [2.75, 3.05) is 5.75 Å². The number of hydrogen-bond acceptors (Lipinski definition) is 7. The summed E-state index contributed by atoms with van der Waals surface area (Å²) in [5.41, 5.74) is -3.77. The minimum atomic E-state index is -1.98. The molecule has 5 atom stereocenters. The first-order valence-electron chi connectivity index (χ1n) is 8.18. The zero-order chi connectivity index (χ0) is 20.4. The Hall–Kier alpha value is -1.65. The molecule has 10 heteroatoms. The van der Waals surface area contributed by atoms with Gasteiger partial charge < -0.3 is 26.0 Å². The standard InChI is InChI=1S/C16H26N2O7S/c1-7(2)15(5,25)16(11(20)8(3)12(21)18-16)14(24)26-6-10(13(22)23)17-9(4)19/h7-8,10-11,20,25H,6H2,1-5H3,(H,17,19)(H,18,21)(H,22,23)/t8-,10+,11+,15-,16-/m1/s1. The molecule has 0 bridgehead atoms. The lowest BCUT2D eigenvalue weighted by atomic mass is 9.71. The first-order chi connectivity index (χ1) is 11.8. The first-order valence-corrected chi connectivity index (χ1v) is 9.17. The lowest BCUT2D eigenvalue weighted by molar-refractivity contribution is -0.146. The molecule has 0 aromatic carbocycles. The Balaban J connectivity index is 3.17. The third kappa shape index (κ3) is 3.86. The Morgan fingerprint density at radius 3 is 2.27 bits per heavy atom. The van der Waals surface area contributed by atoms with Gasteiger partial charge in [0.15, 0.2) is 5.54 Å². The quantitative estimate of drug-likeness (QED) is 0.375. The fraction of sp³-hybridized carbons (Fsp3) is 0.750. The molecule has 5 N–H and O–H groups in total. The van der Waals surface area contributed by atoms with E-state index in [4.69, 9.17) is 5.11 Å². The predicted molar refractivity (Wildman–Crippen MR) is 94.2 cm³/mol. The van der Waals surface area contributed by atoms with Crippen LogP contribution in [0.25, 0.3) is 0 Å². The molecule has 2 amide bonds. The molecule has 1 heterocycles. The second kappa shape index (κ2) is 7.93. The van der Waals surface area contributed by atoms with Gasteiger partial charge in [0.05, 0.1) is 17.6 Å². The van der Waals surface area contributed by atoms with Crippen LogP contribution in [0.15, 0.2) is 0 Å². The fourth-order valence-electron chi connectivity index (χ4n) is 2.85. The van der Waals surface area contributed by atoms with Gasteiger partial charge in [0.2, 0.25) is 16.9 Å². The van der Waals surface area contributed by atoms with Gasteiger partial charge in [0.1, 0.15) is 6.04 Å². The molecule has 148 valence electrons. The van der Waals surface area contributed by atoms with Crippen molar-refractivity contribution in [1.29, 1.82) is 0 Å². The number of carboxylic acid groups (broad SMARTS) is 1. The molecule has 1 rings (SSSR count). The van der Waals surface area contributed by atoms with Crippen LogP contribution >= 0.6 is 11.8 Å². The SMILES string of the molecule is CC(=O)N[C@@H](CSC(=O)[C@]1([C@](C)(O)C(C)C)NC(=O)[C@H](C)[C@@H]1O)C(=O)O. The van der Waals surface area contributed by atoms with Gasteiger partial charge >= 0.3 is 5.97 Å². The molecular weight excluding hydrogens is 364 g/mol. The summed E-state index contributed by atoms with van der Waals surface area (Å²) in [5.74, 6) is -4.22. The molecule has 0 aliphatic carbocycles. The Labute approximate surface area is 155 Å². The number of amides is 2. The van der Waals surface area contributed by atoms with Gasteiger partial charge in [-0.15, -0.1) is 0 Å². The van der Waals surface area contributed by atoms with Crippen molar-refractivity contribution in [2.45, 2.75) is 57.9 Å². The maximum Gasteiger partial charge on any atom is 0.327 e. The van der Waals surface area contributed by atoms with Gasteiger partial charge in [-0.05, 0) is 12.8 Å². The van der Waals surface area contributed by atoms with Crippen LogP contribution in [0.1, 0.15) is 34.6 Å². The summed E-state index contributed by atoms with van der Waals surface area (Å²) in [6.07, 6.45) is -1.49. The molecule has 0 unspecified atom stereocenters. The Morgan fingerprint density at radius 1 is 1.38 bits per heavy atom. The summed E-state index contributed by atoms with van der Waals surface area (Å²) < 4.78 is 0. The molecule has 1 saturated heterocycles. The number of aliphatic hydroxyl groups is 2. The van der Waals surface area contributed by atoms with E-state index in [2.05, 4.69) is 10.6 Å². The Morgan fingerprint density at radius 2 is 1.92 bits per heavy atom. The number of thioether (sulfide) groups is 1. The highest BCUT2D eigenvalue weighted by molar-refractivity contribution is 8.13. The van der Waals surface area contributed by atoms with Crippen LogP contribution in [0.4, 0.5) is 0 Å². The van der Waals surface area contributed by atoms with Crippen molar-refractivity contribution in [3.05, 3.63) is 0 Å². The van der Waals surface area contributed by atoms with Gasteiger partial charge in [-0.3, -0.25) is 14.4 Å². The molecule has 0 radical (unpaired) electrons. The highest BCUT2D eigenvalue weighted by Gasteiger charge is 2.65. The van der Waals surface area contributed by atoms with E-state index in [0.717, 1.165) is 6.92 Å². The topological polar surface area (TPSA) is 153 Å². The minimum Gasteiger partial charge on any atom is -0.480 e. The fourth-order valence-corrected chi connectivity index (χ4v) is 4.00. The summed E-state index contributed by atoms with van der Waals surface area (Å²) >= 11 is 0.534. The van der Waals surface area contributed by atoms with Gasteiger partial charge in [-0.1, -0.05) is 32.5 Å². The van der Waals surface area contributed by atoms with Crippen LogP contribution < -0.4 is 10.6 Å². The lowest BCUT2D eigenvalue weighted by Crippen LogP contribution is -2.70. The molecule has 9 nitrogen and oxygen atoms in total. The molecule has 0 saturated carbocycles. The summed E-state index contributed by atoms with van der Waals surface area (Å²) in [6.45, 7) is 7.21. The molecule has 1 aliphatic rings. The first kappa shape index (κ1) is 22.4. The molecule has 1 aliphatic heterocycles. The largest absolute Gasteiger partial charge is 0.480 e. The molecule has 0 aromatic heterocycles. The third-order valence-corrected chi connectivity index (χ3v) is 6.04. The monoisotopic (exact) mass is 390 g/mol. The number of hydrogen-bond donors (Lipinski definition) is 5. The average molecular weight is 390 g/mol. The maximum atomic E-state index is 13.0. The van der Waals surface area contributed by atoms with Gasteiger partial charge in [0.25, 0.3) is 0 Å². The van der Waals surface area contributed by atoms with Crippen LogP contribution in [-0.4, -0.2) is 67.3 Å². The minimum absolute atomic E-state index is 0.319. The second-order valence-electron chi connectivity index (χ2n) is 7.02. The van der Waals surface area contributed by atoms with Crippen LogP contribution in [-0.2, 0) is 19.2 Å². The molecule has 0 spiro atoms. The van der Waals surface area contributed by atoms with Gasteiger partial charge in [0, 0.05) is 12.7 Å². The number of aliphatic hydroxyl groups excluding tert-OH is 1. The molecular formula is C16H26N2O7S.